The number of esters is 2. The van der Waals surface area contributed by atoms with Crippen LogP contribution in [0.3, 0.4) is 0 Å². The van der Waals surface area contributed by atoms with Gasteiger partial charge in [-0.2, -0.15) is 0 Å². The first-order chi connectivity index (χ1) is 22.6. The highest BCUT2D eigenvalue weighted by molar-refractivity contribution is 5.87. The molecule has 0 N–H and O–H groups in total. The normalized spacial score (nSPS) is 14.0. The van der Waals surface area contributed by atoms with Crippen LogP contribution < -0.4 is 18.9 Å². The van der Waals surface area contributed by atoms with E-state index in [9.17, 15) is 9.59 Å². The number of fused-ring (bicyclic) bond motifs is 2. The van der Waals surface area contributed by atoms with Gasteiger partial charge in [-0.1, -0.05) is 12.1 Å². The van der Waals surface area contributed by atoms with Gasteiger partial charge in [0, 0.05) is 37.4 Å². The van der Waals surface area contributed by atoms with E-state index < -0.39 is 11.9 Å². The number of pyridine rings is 2. The van der Waals surface area contributed by atoms with E-state index in [0.717, 1.165) is 35.1 Å². The molecule has 4 heterocycles. The molecule has 0 aliphatic carbocycles. The summed E-state index contributed by atoms with van der Waals surface area (Å²) in [5, 5.41) is 0. The van der Waals surface area contributed by atoms with Gasteiger partial charge in [-0.05, 0) is 82.9 Å². The summed E-state index contributed by atoms with van der Waals surface area (Å²) in [5.41, 5.74) is 4.30. The predicted octanol–water partition coefficient (Wildman–Crippen LogP) is 5.98. The SMILES string of the molecule is O=C(/C=C/c1ccc2c(c1)OCCCO2)OCc1ccnc(-c2cc(COC(=O)/C=C/c3ccc4c(c3)OCCCO4)ccn2)c1. The zero-order chi connectivity index (χ0) is 31.6. The number of hydrogen-bond acceptors (Lipinski definition) is 10. The fourth-order valence-electron chi connectivity index (χ4n) is 4.71. The fourth-order valence-corrected chi connectivity index (χ4v) is 4.71. The molecule has 10 heteroatoms. The highest BCUT2D eigenvalue weighted by Gasteiger charge is 2.12. The Balaban J connectivity index is 1.01. The highest BCUT2D eigenvalue weighted by atomic mass is 16.5. The number of nitrogens with zero attached hydrogens (tertiary/aromatic N) is 2. The van der Waals surface area contributed by atoms with Crippen LogP contribution in [0, 0.1) is 0 Å². The van der Waals surface area contributed by atoms with Crippen molar-refractivity contribution in [3.8, 4) is 34.4 Å². The summed E-state index contributed by atoms with van der Waals surface area (Å²) in [5.74, 6) is 1.75. The molecule has 6 rings (SSSR count). The molecule has 0 radical (unpaired) electrons. The highest BCUT2D eigenvalue weighted by Crippen LogP contribution is 2.32. The van der Waals surface area contributed by atoms with Crippen LogP contribution in [0.15, 0.2) is 85.2 Å². The molecule has 234 valence electrons. The lowest BCUT2D eigenvalue weighted by atomic mass is 10.1. The van der Waals surface area contributed by atoms with Crippen molar-refractivity contribution in [2.45, 2.75) is 26.1 Å². The molecule has 2 aliphatic rings. The van der Waals surface area contributed by atoms with Crippen LogP contribution in [0.1, 0.15) is 35.1 Å². The molecule has 10 nitrogen and oxygen atoms in total. The third kappa shape index (κ3) is 8.29. The van der Waals surface area contributed by atoms with Crippen molar-refractivity contribution in [1.82, 2.24) is 9.97 Å². The molecular formula is C36H32N2O8. The smallest absolute Gasteiger partial charge is 0.331 e. The van der Waals surface area contributed by atoms with Crippen LogP contribution in [-0.2, 0) is 32.3 Å². The second-order valence-corrected chi connectivity index (χ2v) is 10.5. The van der Waals surface area contributed by atoms with Gasteiger partial charge < -0.3 is 28.4 Å². The van der Waals surface area contributed by atoms with Gasteiger partial charge in [-0.3, -0.25) is 9.97 Å². The van der Waals surface area contributed by atoms with Crippen molar-refractivity contribution in [3.05, 3.63) is 107 Å². The average molecular weight is 621 g/mol. The standard InChI is InChI=1S/C36H32N2O8/c39-35(9-5-25-3-7-31-33(21-25)43-17-1-15-41-31)45-23-27-11-13-37-29(19-27)30-20-28(12-14-38-30)24-46-36(40)10-6-26-4-8-32-34(22-26)44-18-2-16-42-32/h3-14,19-22H,1-2,15-18,23-24H2/b9-5+,10-6+. The van der Waals surface area contributed by atoms with Gasteiger partial charge in [0.1, 0.15) is 13.2 Å². The molecular weight excluding hydrogens is 588 g/mol. The lowest BCUT2D eigenvalue weighted by molar-refractivity contribution is -0.139. The minimum atomic E-state index is -0.481. The maximum Gasteiger partial charge on any atom is 0.331 e. The second-order valence-electron chi connectivity index (χ2n) is 10.5. The lowest BCUT2D eigenvalue weighted by Gasteiger charge is -2.08. The summed E-state index contributed by atoms with van der Waals surface area (Å²) in [6.45, 7) is 2.53. The van der Waals surface area contributed by atoms with Gasteiger partial charge in [0.15, 0.2) is 23.0 Å². The zero-order valence-corrected chi connectivity index (χ0v) is 25.1. The number of rotatable bonds is 9. The number of benzene rings is 2. The second kappa shape index (κ2) is 14.9. The number of aromatic nitrogens is 2. The molecule has 46 heavy (non-hydrogen) atoms. The van der Waals surface area contributed by atoms with E-state index in [1.807, 2.05) is 36.4 Å². The summed E-state index contributed by atoms with van der Waals surface area (Å²) in [6, 6.07) is 18.2. The van der Waals surface area contributed by atoms with E-state index in [2.05, 4.69) is 9.97 Å². The molecule has 0 saturated heterocycles. The van der Waals surface area contributed by atoms with Crippen LogP contribution in [0.25, 0.3) is 23.5 Å². The maximum atomic E-state index is 12.4. The summed E-state index contributed by atoms with van der Waals surface area (Å²) in [6.07, 6.45) is 11.0. The van der Waals surface area contributed by atoms with E-state index in [-0.39, 0.29) is 13.2 Å². The molecule has 0 spiro atoms. The quantitative estimate of drug-likeness (QED) is 0.164. The number of carbonyl (C=O) groups is 2. The van der Waals surface area contributed by atoms with Crippen molar-refractivity contribution in [2.24, 2.45) is 0 Å². The Morgan fingerprint density at radius 3 is 1.48 bits per heavy atom. The first kappa shape index (κ1) is 30.4. The first-order valence-electron chi connectivity index (χ1n) is 15.0. The molecule has 2 aromatic carbocycles. The Kier molecular flexibility index (Phi) is 9.84. The average Bonchev–Trinajstić information content (AvgIpc) is 3.48. The Bertz CT molecular complexity index is 1640. The summed E-state index contributed by atoms with van der Waals surface area (Å²) in [7, 11) is 0. The largest absolute Gasteiger partial charge is 0.490 e. The molecule has 0 fully saturated rings. The van der Waals surface area contributed by atoms with E-state index in [1.54, 1.807) is 48.8 Å². The van der Waals surface area contributed by atoms with Crippen LogP contribution in [0.4, 0.5) is 0 Å². The summed E-state index contributed by atoms with van der Waals surface area (Å²) in [4.78, 5) is 33.6. The van der Waals surface area contributed by atoms with Crippen molar-refractivity contribution in [3.63, 3.8) is 0 Å². The van der Waals surface area contributed by atoms with Crippen LogP contribution >= 0.6 is 0 Å². The summed E-state index contributed by atoms with van der Waals surface area (Å²) >= 11 is 0. The van der Waals surface area contributed by atoms with E-state index in [0.29, 0.717) is 60.8 Å². The van der Waals surface area contributed by atoms with Crippen molar-refractivity contribution < 1.29 is 38.0 Å². The molecule has 0 atom stereocenters. The maximum absolute atomic E-state index is 12.4. The molecule has 2 aliphatic heterocycles. The number of hydrogen-bond donors (Lipinski definition) is 0. The Hall–Kier alpha value is -5.64. The van der Waals surface area contributed by atoms with E-state index in [1.165, 1.54) is 12.2 Å². The van der Waals surface area contributed by atoms with Gasteiger partial charge >= 0.3 is 11.9 Å². The first-order valence-corrected chi connectivity index (χ1v) is 15.0. The lowest BCUT2D eigenvalue weighted by Crippen LogP contribution is -2.02. The Labute approximate surface area is 266 Å². The molecule has 0 unspecified atom stereocenters. The predicted molar refractivity (Wildman–Crippen MR) is 169 cm³/mol. The summed E-state index contributed by atoms with van der Waals surface area (Å²) < 4.78 is 33.6. The third-order valence-corrected chi connectivity index (χ3v) is 7.04. The minimum absolute atomic E-state index is 0.0623. The van der Waals surface area contributed by atoms with Crippen molar-refractivity contribution >= 4 is 24.1 Å². The van der Waals surface area contributed by atoms with Gasteiger partial charge in [-0.25, -0.2) is 9.59 Å². The number of carbonyl (C=O) groups excluding carboxylic acids is 2. The molecule has 2 aromatic heterocycles. The van der Waals surface area contributed by atoms with Gasteiger partial charge in [0.2, 0.25) is 0 Å². The van der Waals surface area contributed by atoms with Gasteiger partial charge in [0.05, 0.1) is 37.8 Å². The van der Waals surface area contributed by atoms with Crippen molar-refractivity contribution in [1.29, 1.82) is 0 Å². The van der Waals surface area contributed by atoms with Gasteiger partial charge in [0.25, 0.3) is 0 Å². The topological polar surface area (TPSA) is 115 Å². The monoisotopic (exact) mass is 620 g/mol. The third-order valence-electron chi connectivity index (χ3n) is 7.04. The Morgan fingerprint density at radius 1 is 0.587 bits per heavy atom. The Morgan fingerprint density at radius 2 is 1.02 bits per heavy atom. The molecule has 4 aromatic rings. The van der Waals surface area contributed by atoms with E-state index in [4.69, 9.17) is 28.4 Å². The van der Waals surface area contributed by atoms with Crippen LogP contribution in [0.2, 0.25) is 0 Å². The zero-order valence-electron chi connectivity index (χ0n) is 25.1. The number of ether oxygens (including phenoxy) is 6. The van der Waals surface area contributed by atoms with Crippen molar-refractivity contribution in [2.75, 3.05) is 26.4 Å². The molecule has 0 saturated carbocycles. The van der Waals surface area contributed by atoms with Gasteiger partial charge in [-0.15, -0.1) is 0 Å². The molecule has 0 amide bonds. The van der Waals surface area contributed by atoms with E-state index >= 15 is 0 Å². The van der Waals surface area contributed by atoms with Crippen LogP contribution in [0.5, 0.6) is 23.0 Å². The van der Waals surface area contributed by atoms with Crippen LogP contribution in [-0.4, -0.2) is 48.3 Å². The molecule has 0 bridgehead atoms. The fraction of sp³-hybridized carbons (Fsp3) is 0.222. The minimum Gasteiger partial charge on any atom is -0.490 e.